The second-order valence-electron chi connectivity index (χ2n) is 8.70. The van der Waals surface area contributed by atoms with Crippen LogP contribution in [-0.4, -0.2) is 63.0 Å². The predicted molar refractivity (Wildman–Crippen MR) is 121 cm³/mol. The van der Waals surface area contributed by atoms with E-state index in [0.29, 0.717) is 19.1 Å². The molecule has 1 heterocycles. The lowest BCUT2D eigenvalue weighted by molar-refractivity contribution is -0.148. The van der Waals surface area contributed by atoms with Gasteiger partial charge in [-0.2, -0.15) is 0 Å². The van der Waals surface area contributed by atoms with Crippen LogP contribution < -0.4 is 9.47 Å². The molecule has 6 heteroatoms. The third-order valence-electron chi connectivity index (χ3n) is 6.52. The number of carbonyl (C=O) groups is 1. The van der Waals surface area contributed by atoms with Crippen LogP contribution in [0.15, 0.2) is 18.2 Å². The molecule has 0 amide bonds. The van der Waals surface area contributed by atoms with Gasteiger partial charge in [-0.1, -0.05) is 32.3 Å². The second kappa shape index (κ2) is 12.3. The van der Waals surface area contributed by atoms with Gasteiger partial charge in [0.15, 0.2) is 11.5 Å². The summed E-state index contributed by atoms with van der Waals surface area (Å²) in [5, 5.41) is 0. The number of hydrogen-bond acceptors (Lipinski definition) is 6. The number of nitrogens with zero attached hydrogens (tertiary/aromatic N) is 1. The monoisotopic (exact) mass is 433 g/mol. The average Bonchev–Trinajstić information content (AvgIpc) is 3.26. The fraction of sp³-hybridized carbons (Fsp3) is 0.720. The van der Waals surface area contributed by atoms with E-state index in [-0.39, 0.29) is 18.2 Å². The predicted octanol–water partition coefficient (Wildman–Crippen LogP) is 4.38. The van der Waals surface area contributed by atoms with Gasteiger partial charge in [0, 0.05) is 25.6 Å². The van der Waals surface area contributed by atoms with Crippen LogP contribution in [-0.2, 0) is 20.7 Å². The Balaban J connectivity index is 1.48. The maximum atomic E-state index is 12.0. The van der Waals surface area contributed by atoms with Gasteiger partial charge in [-0.3, -0.25) is 9.69 Å². The molecule has 3 atom stereocenters. The Hall–Kier alpha value is -1.79. The Morgan fingerprint density at radius 1 is 1.10 bits per heavy atom. The van der Waals surface area contributed by atoms with E-state index < -0.39 is 0 Å². The van der Waals surface area contributed by atoms with E-state index in [2.05, 4.69) is 17.9 Å². The number of methoxy groups -OCH3 is 2. The first-order valence-electron chi connectivity index (χ1n) is 11.9. The lowest BCUT2D eigenvalue weighted by Crippen LogP contribution is -2.46. The fourth-order valence-electron chi connectivity index (χ4n) is 4.77. The Morgan fingerprint density at radius 2 is 1.90 bits per heavy atom. The van der Waals surface area contributed by atoms with Gasteiger partial charge in [0.1, 0.15) is 6.10 Å². The average molecular weight is 434 g/mol. The molecule has 1 aromatic carbocycles. The van der Waals surface area contributed by atoms with Gasteiger partial charge >= 0.3 is 5.97 Å². The summed E-state index contributed by atoms with van der Waals surface area (Å²) in [5.74, 6) is 1.46. The van der Waals surface area contributed by atoms with Crippen molar-refractivity contribution < 1.29 is 23.7 Å². The quantitative estimate of drug-likeness (QED) is 0.483. The first-order valence-corrected chi connectivity index (χ1v) is 11.9. The molecule has 0 unspecified atom stereocenters. The summed E-state index contributed by atoms with van der Waals surface area (Å²) >= 11 is 0. The highest BCUT2D eigenvalue weighted by Gasteiger charge is 2.36. The minimum absolute atomic E-state index is 0.0405. The molecule has 0 bridgehead atoms. The van der Waals surface area contributed by atoms with E-state index in [4.69, 9.17) is 18.9 Å². The van der Waals surface area contributed by atoms with E-state index >= 15 is 0 Å². The molecule has 1 aliphatic carbocycles. The number of likely N-dealkylation sites (tertiary alicyclic amines) is 1. The van der Waals surface area contributed by atoms with Gasteiger partial charge < -0.3 is 18.9 Å². The highest BCUT2D eigenvalue weighted by molar-refractivity contribution is 5.69. The fourth-order valence-corrected chi connectivity index (χ4v) is 4.77. The van der Waals surface area contributed by atoms with Crippen LogP contribution in [0.5, 0.6) is 11.5 Å². The molecule has 1 saturated heterocycles. The van der Waals surface area contributed by atoms with E-state index in [0.717, 1.165) is 63.1 Å². The van der Waals surface area contributed by atoms with Crippen LogP contribution >= 0.6 is 0 Å². The summed E-state index contributed by atoms with van der Waals surface area (Å²) < 4.78 is 22.8. The molecule has 1 aromatic rings. The molecule has 31 heavy (non-hydrogen) atoms. The summed E-state index contributed by atoms with van der Waals surface area (Å²) in [6.45, 7) is 4.63. The van der Waals surface area contributed by atoms with Crippen molar-refractivity contribution in [3.63, 3.8) is 0 Å². The zero-order valence-corrected chi connectivity index (χ0v) is 19.4. The molecule has 0 spiro atoms. The molecular formula is C25H39NO5. The molecular weight excluding hydrogens is 394 g/mol. The maximum absolute atomic E-state index is 12.0. The Kier molecular flexibility index (Phi) is 9.47. The van der Waals surface area contributed by atoms with Crippen molar-refractivity contribution in [2.75, 3.05) is 33.9 Å². The number of rotatable bonds is 11. The van der Waals surface area contributed by atoms with Crippen molar-refractivity contribution >= 4 is 5.97 Å². The first kappa shape index (κ1) is 23.9. The zero-order valence-electron chi connectivity index (χ0n) is 19.4. The Bertz CT molecular complexity index is 694. The molecule has 6 nitrogen and oxygen atoms in total. The van der Waals surface area contributed by atoms with Crippen LogP contribution in [0.2, 0.25) is 0 Å². The molecule has 3 rings (SSSR count). The van der Waals surface area contributed by atoms with Crippen molar-refractivity contribution in [1.82, 2.24) is 4.90 Å². The number of esters is 1. The molecule has 1 saturated carbocycles. The van der Waals surface area contributed by atoms with E-state index in [1.54, 1.807) is 14.2 Å². The smallest absolute Gasteiger partial charge is 0.306 e. The Labute approximate surface area is 187 Å². The Morgan fingerprint density at radius 3 is 2.68 bits per heavy atom. The highest BCUT2D eigenvalue weighted by Crippen LogP contribution is 2.30. The van der Waals surface area contributed by atoms with Crippen LogP contribution in [0.3, 0.4) is 0 Å². The van der Waals surface area contributed by atoms with Crippen LogP contribution in [0.4, 0.5) is 0 Å². The third-order valence-corrected chi connectivity index (χ3v) is 6.52. The first-order chi connectivity index (χ1) is 15.1. The number of hydrogen-bond donors (Lipinski definition) is 0. The summed E-state index contributed by atoms with van der Waals surface area (Å²) in [5.41, 5.74) is 1.19. The van der Waals surface area contributed by atoms with Crippen molar-refractivity contribution in [2.24, 2.45) is 0 Å². The van der Waals surface area contributed by atoms with E-state index in [1.165, 1.54) is 18.4 Å². The molecule has 174 valence electrons. The van der Waals surface area contributed by atoms with Gasteiger partial charge in [0.25, 0.3) is 0 Å². The van der Waals surface area contributed by atoms with Crippen molar-refractivity contribution in [3.05, 3.63) is 23.8 Å². The normalized spacial score (nSPS) is 24.2. The van der Waals surface area contributed by atoms with Crippen molar-refractivity contribution in [3.8, 4) is 11.5 Å². The molecule has 0 aromatic heterocycles. The molecule has 0 radical (unpaired) electrons. The highest BCUT2D eigenvalue weighted by atomic mass is 16.5. The molecule has 2 fully saturated rings. The molecule has 1 aliphatic heterocycles. The number of ether oxygens (including phenoxy) is 4. The molecule has 2 aliphatic rings. The maximum Gasteiger partial charge on any atom is 0.306 e. The van der Waals surface area contributed by atoms with Gasteiger partial charge in [-0.15, -0.1) is 0 Å². The summed E-state index contributed by atoms with van der Waals surface area (Å²) in [4.78, 5) is 14.5. The zero-order chi connectivity index (χ0) is 22.1. The van der Waals surface area contributed by atoms with Gasteiger partial charge in [-0.25, -0.2) is 0 Å². The van der Waals surface area contributed by atoms with E-state index in [1.807, 2.05) is 12.1 Å². The minimum atomic E-state index is -0.0416. The van der Waals surface area contributed by atoms with Crippen LogP contribution in [0.1, 0.15) is 63.9 Å². The number of benzene rings is 1. The summed E-state index contributed by atoms with van der Waals surface area (Å²) in [7, 11) is 3.31. The lowest BCUT2D eigenvalue weighted by Gasteiger charge is -2.37. The standard InChI is InChI=1S/C25H39NO5/c1-4-5-10-25(27)31-20-13-15-26(18-20)21-8-6-7-9-22(21)30-16-14-19-11-12-23(28-2)24(17-19)29-3/h11-12,17,20-22H,4-10,13-16,18H2,1-3H3/t20-,21-,22-/m1/s1. The summed E-state index contributed by atoms with van der Waals surface area (Å²) in [6, 6.07) is 6.47. The van der Waals surface area contributed by atoms with Crippen LogP contribution in [0, 0.1) is 0 Å². The molecule has 0 N–H and O–H groups in total. The van der Waals surface area contributed by atoms with E-state index in [9.17, 15) is 4.79 Å². The minimum Gasteiger partial charge on any atom is -0.493 e. The summed E-state index contributed by atoms with van der Waals surface area (Å²) in [6.07, 6.45) is 9.29. The lowest BCUT2D eigenvalue weighted by atomic mass is 9.91. The third kappa shape index (κ3) is 6.84. The van der Waals surface area contributed by atoms with Gasteiger partial charge in [0.2, 0.25) is 0 Å². The van der Waals surface area contributed by atoms with Gasteiger partial charge in [0.05, 0.1) is 26.9 Å². The number of carbonyl (C=O) groups excluding carboxylic acids is 1. The van der Waals surface area contributed by atoms with Gasteiger partial charge in [-0.05, 0) is 49.8 Å². The topological polar surface area (TPSA) is 57.2 Å². The SMILES string of the molecule is CCCCC(=O)O[C@@H]1CCN([C@@H]2CCCC[C@H]2OCCc2ccc(OC)c(OC)c2)C1. The van der Waals surface area contributed by atoms with Crippen LogP contribution in [0.25, 0.3) is 0 Å². The van der Waals surface area contributed by atoms with Crippen molar-refractivity contribution in [2.45, 2.75) is 83.0 Å². The van der Waals surface area contributed by atoms with Crippen molar-refractivity contribution in [1.29, 1.82) is 0 Å². The number of unbranched alkanes of at least 4 members (excludes halogenated alkanes) is 1. The second-order valence-corrected chi connectivity index (χ2v) is 8.70. The largest absolute Gasteiger partial charge is 0.493 e.